The highest BCUT2D eigenvalue weighted by Gasteiger charge is 2.31. The number of amides is 1. The van der Waals surface area contributed by atoms with Crippen LogP contribution in [0.3, 0.4) is 0 Å². The van der Waals surface area contributed by atoms with Crippen LogP contribution in [0.15, 0.2) is 18.2 Å². The van der Waals surface area contributed by atoms with E-state index in [0.717, 1.165) is 6.42 Å². The van der Waals surface area contributed by atoms with Gasteiger partial charge in [0, 0.05) is 6.07 Å². The van der Waals surface area contributed by atoms with E-state index in [4.69, 9.17) is 44.8 Å². The fourth-order valence-corrected chi connectivity index (χ4v) is 1.45. The first-order chi connectivity index (χ1) is 9.27. The Hall–Kier alpha value is -1.15. The van der Waals surface area contributed by atoms with Crippen LogP contribution in [0.25, 0.3) is 0 Å². The van der Waals surface area contributed by atoms with Crippen LogP contribution in [0, 0.1) is 11.3 Å². The van der Waals surface area contributed by atoms with Crippen molar-refractivity contribution >= 4 is 46.4 Å². The third-order valence-corrected chi connectivity index (χ3v) is 3.04. The second-order valence-corrected chi connectivity index (χ2v) is 6.39. The van der Waals surface area contributed by atoms with E-state index in [2.05, 4.69) is 5.32 Å². The number of alkyl halides is 3. The highest BCUT2D eigenvalue weighted by atomic mass is 35.6. The Morgan fingerprint density at radius 2 is 2.15 bits per heavy atom. The first-order valence-corrected chi connectivity index (χ1v) is 7.00. The second-order valence-electron chi connectivity index (χ2n) is 4.11. The van der Waals surface area contributed by atoms with Gasteiger partial charge in [-0.2, -0.15) is 5.26 Å². The number of nitrogens with one attached hydrogen (secondary N) is 1. The van der Waals surface area contributed by atoms with Crippen molar-refractivity contribution in [3.63, 3.8) is 0 Å². The van der Waals surface area contributed by atoms with Crippen molar-refractivity contribution in [3.05, 3.63) is 23.8 Å². The molecule has 1 aromatic rings. The number of hydrogen-bond acceptors (Lipinski definition) is 3. The molecule has 0 aliphatic rings. The predicted octanol–water partition coefficient (Wildman–Crippen LogP) is 4.04. The summed E-state index contributed by atoms with van der Waals surface area (Å²) >= 11 is 16.4. The number of carbonyl (C=O) groups is 1. The molecule has 0 fully saturated rings. The zero-order valence-corrected chi connectivity index (χ0v) is 13.2. The van der Waals surface area contributed by atoms with Crippen molar-refractivity contribution in [1.82, 2.24) is 0 Å². The lowest BCUT2D eigenvalue weighted by Gasteiger charge is -2.15. The highest BCUT2D eigenvalue weighted by molar-refractivity contribution is 6.76. The molecule has 0 spiro atoms. The number of anilines is 1. The van der Waals surface area contributed by atoms with Crippen LogP contribution in [0.1, 0.15) is 25.8 Å². The van der Waals surface area contributed by atoms with Crippen molar-refractivity contribution in [1.29, 1.82) is 5.26 Å². The molecular formula is C13H13Cl3N2O2. The van der Waals surface area contributed by atoms with Crippen molar-refractivity contribution in [3.8, 4) is 11.8 Å². The molecule has 0 aromatic heterocycles. The van der Waals surface area contributed by atoms with Crippen molar-refractivity contribution in [2.75, 3.05) is 5.32 Å². The van der Waals surface area contributed by atoms with E-state index in [0.29, 0.717) is 5.75 Å². The average Bonchev–Trinajstić information content (AvgIpc) is 2.39. The molecule has 0 saturated carbocycles. The predicted molar refractivity (Wildman–Crippen MR) is 80.5 cm³/mol. The van der Waals surface area contributed by atoms with Gasteiger partial charge in [0.1, 0.15) is 11.8 Å². The number of ether oxygens (including phenoxy) is 1. The molecule has 1 amide bonds. The molecule has 0 heterocycles. The third-order valence-electron chi connectivity index (χ3n) is 2.53. The number of nitriles is 1. The first kappa shape index (κ1) is 16.9. The van der Waals surface area contributed by atoms with Crippen LogP contribution < -0.4 is 10.1 Å². The van der Waals surface area contributed by atoms with E-state index < -0.39 is 9.70 Å². The normalized spacial score (nSPS) is 12.4. The van der Waals surface area contributed by atoms with Gasteiger partial charge in [0.05, 0.1) is 17.4 Å². The molecule has 7 heteroatoms. The third kappa shape index (κ3) is 4.75. The number of nitrogens with zero attached hydrogens (tertiary/aromatic N) is 1. The molecule has 1 aromatic carbocycles. The van der Waals surface area contributed by atoms with Crippen molar-refractivity contribution in [2.45, 2.75) is 30.2 Å². The Bertz CT molecular complexity index is 535. The van der Waals surface area contributed by atoms with Gasteiger partial charge in [0.2, 0.25) is 0 Å². The molecule has 0 aliphatic heterocycles. The van der Waals surface area contributed by atoms with Gasteiger partial charge in [0.15, 0.2) is 0 Å². The maximum Gasteiger partial charge on any atom is 0.276 e. The molecule has 20 heavy (non-hydrogen) atoms. The number of hydrogen-bond donors (Lipinski definition) is 1. The molecule has 0 bridgehead atoms. The average molecular weight is 336 g/mol. The van der Waals surface area contributed by atoms with Gasteiger partial charge in [-0.25, -0.2) is 0 Å². The minimum atomic E-state index is -2.08. The molecule has 4 nitrogen and oxygen atoms in total. The second kappa shape index (κ2) is 7.03. The number of benzene rings is 1. The summed E-state index contributed by atoms with van der Waals surface area (Å²) in [5, 5.41) is 11.5. The number of carbonyl (C=O) groups excluding carboxylic acids is 1. The monoisotopic (exact) mass is 334 g/mol. The standard InChI is InChI=1S/C13H13Cl3N2O2/c1-3-8(2)20-10-4-5-11(9(6-10)7-17)18-12(19)13(14,15)16/h4-6,8H,3H2,1-2H3,(H,18,19)/t8-/m1/s1. The zero-order valence-electron chi connectivity index (χ0n) is 10.9. The molecular weight excluding hydrogens is 323 g/mol. The molecule has 0 aliphatic carbocycles. The number of halogens is 3. The Balaban J connectivity index is 2.95. The van der Waals surface area contributed by atoms with E-state index in [1.54, 1.807) is 6.07 Å². The molecule has 0 radical (unpaired) electrons. The Morgan fingerprint density at radius 1 is 1.50 bits per heavy atom. The van der Waals surface area contributed by atoms with Crippen LogP contribution >= 0.6 is 34.8 Å². The SMILES string of the molecule is CC[C@@H](C)Oc1ccc(NC(=O)C(Cl)(Cl)Cl)c(C#N)c1. The smallest absolute Gasteiger partial charge is 0.276 e. The Labute approximate surface area is 132 Å². The summed E-state index contributed by atoms with van der Waals surface area (Å²) < 4.78 is 3.51. The van der Waals surface area contributed by atoms with E-state index in [1.165, 1.54) is 12.1 Å². The van der Waals surface area contributed by atoms with Gasteiger partial charge in [-0.3, -0.25) is 4.79 Å². The maximum absolute atomic E-state index is 11.6. The molecule has 0 saturated heterocycles. The quantitative estimate of drug-likeness (QED) is 0.845. The van der Waals surface area contributed by atoms with Gasteiger partial charge < -0.3 is 10.1 Å². The Morgan fingerprint density at radius 3 is 2.65 bits per heavy atom. The summed E-state index contributed by atoms with van der Waals surface area (Å²) in [6, 6.07) is 6.66. The lowest BCUT2D eigenvalue weighted by Crippen LogP contribution is -2.27. The largest absolute Gasteiger partial charge is 0.491 e. The van der Waals surface area contributed by atoms with Crippen molar-refractivity contribution in [2.24, 2.45) is 0 Å². The van der Waals surface area contributed by atoms with E-state index >= 15 is 0 Å². The van der Waals surface area contributed by atoms with Gasteiger partial charge in [-0.15, -0.1) is 0 Å². The summed E-state index contributed by atoms with van der Waals surface area (Å²) in [6.45, 7) is 3.91. The zero-order chi connectivity index (χ0) is 15.3. The van der Waals surface area contributed by atoms with Crippen LogP contribution in [-0.2, 0) is 4.79 Å². The Kier molecular flexibility index (Phi) is 5.94. The molecule has 1 atom stereocenters. The molecule has 1 rings (SSSR count). The lowest BCUT2D eigenvalue weighted by molar-refractivity contribution is -0.115. The molecule has 0 unspecified atom stereocenters. The van der Waals surface area contributed by atoms with Crippen LogP contribution in [0.4, 0.5) is 5.69 Å². The minimum Gasteiger partial charge on any atom is -0.491 e. The lowest BCUT2D eigenvalue weighted by atomic mass is 10.2. The minimum absolute atomic E-state index is 0.0307. The van der Waals surface area contributed by atoms with Gasteiger partial charge >= 0.3 is 0 Å². The van der Waals surface area contributed by atoms with E-state index in [-0.39, 0.29) is 17.4 Å². The van der Waals surface area contributed by atoms with Gasteiger partial charge in [-0.1, -0.05) is 41.7 Å². The summed E-state index contributed by atoms with van der Waals surface area (Å²) in [7, 11) is 0. The first-order valence-electron chi connectivity index (χ1n) is 5.87. The van der Waals surface area contributed by atoms with Crippen LogP contribution in [-0.4, -0.2) is 15.8 Å². The van der Waals surface area contributed by atoms with E-state index in [9.17, 15) is 4.79 Å². The summed E-state index contributed by atoms with van der Waals surface area (Å²) in [6.07, 6.45) is 0.872. The van der Waals surface area contributed by atoms with Gasteiger partial charge in [0.25, 0.3) is 9.70 Å². The fraction of sp³-hybridized carbons (Fsp3) is 0.385. The molecule has 108 valence electrons. The van der Waals surface area contributed by atoms with Crippen molar-refractivity contribution < 1.29 is 9.53 Å². The fourth-order valence-electron chi connectivity index (χ4n) is 1.31. The van der Waals surface area contributed by atoms with Gasteiger partial charge in [-0.05, 0) is 25.5 Å². The highest BCUT2D eigenvalue weighted by Crippen LogP contribution is 2.29. The summed E-state index contributed by atoms with van der Waals surface area (Å²) in [5.41, 5.74) is 0.494. The maximum atomic E-state index is 11.6. The molecule has 1 N–H and O–H groups in total. The topological polar surface area (TPSA) is 62.1 Å². The van der Waals surface area contributed by atoms with Crippen LogP contribution in [0.5, 0.6) is 5.75 Å². The van der Waals surface area contributed by atoms with Crippen LogP contribution in [0.2, 0.25) is 0 Å². The number of rotatable bonds is 4. The summed E-state index contributed by atoms with van der Waals surface area (Å²) in [4.78, 5) is 11.6. The van der Waals surface area contributed by atoms with E-state index in [1.807, 2.05) is 19.9 Å². The summed E-state index contributed by atoms with van der Waals surface area (Å²) in [5.74, 6) is -0.280.